The van der Waals surface area contributed by atoms with Crippen molar-refractivity contribution in [1.29, 1.82) is 0 Å². The SMILES string of the molecule is CC(=NNC(=O)CCCCCCCCC(=O)NN=C(C)c1ccc(Br)cc1)c1ccc(Br)cc1. The molecule has 2 rings (SSSR count). The predicted molar refractivity (Wildman–Crippen MR) is 146 cm³/mol. The number of hydrogen-bond donors (Lipinski definition) is 2. The summed E-state index contributed by atoms with van der Waals surface area (Å²) in [6.07, 6.45) is 6.70. The number of halogens is 2. The number of hydrogen-bond acceptors (Lipinski definition) is 4. The fourth-order valence-corrected chi connectivity index (χ4v) is 3.72. The molecule has 0 aliphatic rings. The first-order chi connectivity index (χ1) is 16.3. The van der Waals surface area contributed by atoms with E-state index in [4.69, 9.17) is 0 Å². The summed E-state index contributed by atoms with van der Waals surface area (Å²) in [5.41, 5.74) is 8.77. The van der Waals surface area contributed by atoms with Crippen molar-refractivity contribution in [3.8, 4) is 0 Å². The lowest BCUT2D eigenvalue weighted by molar-refractivity contribution is -0.122. The van der Waals surface area contributed by atoms with Crippen LogP contribution in [0.4, 0.5) is 0 Å². The predicted octanol–water partition coefficient (Wildman–Crippen LogP) is 6.71. The molecule has 2 amide bonds. The summed E-state index contributed by atoms with van der Waals surface area (Å²) in [6, 6.07) is 15.6. The molecule has 34 heavy (non-hydrogen) atoms. The number of rotatable bonds is 13. The summed E-state index contributed by atoms with van der Waals surface area (Å²) >= 11 is 6.81. The molecule has 2 N–H and O–H groups in total. The van der Waals surface area contributed by atoms with Gasteiger partial charge in [-0.1, -0.05) is 81.8 Å². The first-order valence-corrected chi connectivity index (χ1v) is 13.1. The highest BCUT2D eigenvalue weighted by atomic mass is 79.9. The third kappa shape index (κ3) is 11.2. The molecular weight excluding hydrogens is 560 g/mol. The molecule has 2 aromatic rings. The van der Waals surface area contributed by atoms with Crippen LogP contribution in [0.1, 0.15) is 76.3 Å². The molecule has 0 saturated carbocycles. The molecule has 0 aliphatic heterocycles. The van der Waals surface area contributed by atoms with Crippen LogP contribution in [0, 0.1) is 0 Å². The Hall–Kier alpha value is -2.32. The average Bonchev–Trinajstić information content (AvgIpc) is 2.83. The standard InChI is InChI=1S/C26H32Br2N4O2/c1-19(21-11-15-23(27)16-12-21)29-31-25(33)9-7-5-3-4-6-8-10-26(34)32-30-20(2)22-13-17-24(28)18-14-22/h11-18H,3-10H2,1-2H3,(H,31,33)(H,32,34). The number of unbranched alkanes of at least 4 members (excludes halogenated alkanes) is 5. The fraction of sp³-hybridized carbons (Fsp3) is 0.385. The summed E-state index contributed by atoms with van der Waals surface area (Å²) in [4.78, 5) is 24.0. The van der Waals surface area contributed by atoms with Crippen LogP contribution in [0.5, 0.6) is 0 Å². The van der Waals surface area contributed by atoms with Crippen LogP contribution >= 0.6 is 31.9 Å². The Morgan fingerprint density at radius 3 is 1.29 bits per heavy atom. The van der Waals surface area contributed by atoms with Crippen LogP contribution in [0.15, 0.2) is 67.7 Å². The van der Waals surface area contributed by atoms with E-state index in [0.717, 1.165) is 70.0 Å². The topological polar surface area (TPSA) is 82.9 Å². The molecule has 0 radical (unpaired) electrons. The van der Waals surface area contributed by atoms with Gasteiger partial charge in [0.25, 0.3) is 0 Å². The van der Waals surface area contributed by atoms with Gasteiger partial charge in [-0.2, -0.15) is 10.2 Å². The molecule has 0 unspecified atom stereocenters. The van der Waals surface area contributed by atoms with Crippen LogP contribution in [0.3, 0.4) is 0 Å². The van der Waals surface area contributed by atoms with Gasteiger partial charge in [0.05, 0.1) is 11.4 Å². The molecule has 0 saturated heterocycles. The van der Waals surface area contributed by atoms with Crippen LogP contribution < -0.4 is 10.9 Å². The van der Waals surface area contributed by atoms with Crippen LogP contribution in [0.2, 0.25) is 0 Å². The lowest BCUT2D eigenvalue weighted by Gasteiger charge is -2.05. The van der Waals surface area contributed by atoms with Crippen molar-refractivity contribution >= 4 is 55.1 Å². The van der Waals surface area contributed by atoms with Crippen molar-refractivity contribution in [3.63, 3.8) is 0 Å². The number of nitrogens with one attached hydrogen (secondary N) is 2. The monoisotopic (exact) mass is 590 g/mol. The van der Waals surface area contributed by atoms with E-state index in [2.05, 4.69) is 52.9 Å². The van der Waals surface area contributed by atoms with Crippen molar-refractivity contribution < 1.29 is 9.59 Å². The molecule has 0 heterocycles. The Balaban J connectivity index is 1.50. The van der Waals surface area contributed by atoms with E-state index in [-0.39, 0.29) is 11.8 Å². The van der Waals surface area contributed by atoms with Gasteiger partial charge < -0.3 is 0 Å². The quantitative estimate of drug-likeness (QED) is 0.154. The highest BCUT2D eigenvalue weighted by Gasteiger charge is 2.04. The zero-order chi connectivity index (χ0) is 24.8. The maximum absolute atomic E-state index is 12.0. The Labute approximate surface area is 218 Å². The number of carbonyl (C=O) groups excluding carboxylic acids is 2. The molecule has 0 aliphatic carbocycles. The fourth-order valence-electron chi connectivity index (χ4n) is 3.19. The number of amides is 2. The van der Waals surface area contributed by atoms with Crippen molar-refractivity contribution in [3.05, 3.63) is 68.6 Å². The van der Waals surface area contributed by atoms with Gasteiger partial charge >= 0.3 is 0 Å². The van der Waals surface area contributed by atoms with Crippen LogP contribution in [-0.4, -0.2) is 23.2 Å². The molecule has 0 fully saturated rings. The van der Waals surface area contributed by atoms with Crippen molar-refractivity contribution in [2.75, 3.05) is 0 Å². The second-order valence-corrected chi connectivity index (χ2v) is 9.93. The van der Waals surface area contributed by atoms with E-state index in [1.54, 1.807) is 0 Å². The minimum Gasteiger partial charge on any atom is -0.273 e. The van der Waals surface area contributed by atoms with Gasteiger partial charge in [-0.25, -0.2) is 10.9 Å². The van der Waals surface area contributed by atoms with Gasteiger partial charge in [-0.05, 0) is 62.1 Å². The lowest BCUT2D eigenvalue weighted by atomic mass is 10.1. The molecule has 0 spiro atoms. The lowest BCUT2D eigenvalue weighted by Crippen LogP contribution is -2.19. The van der Waals surface area contributed by atoms with E-state index in [1.165, 1.54) is 0 Å². The first kappa shape index (κ1) is 27.9. The van der Waals surface area contributed by atoms with E-state index in [9.17, 15) is 9.59 Å². The normalized spacial score (nSPS) is 11.9. The van der Waals surface area contributed by atoms with E-state index in [1.807, 2.05) is 62.4 Å². The Bertz CT molecular complexity index is 905. The van der Waals surface area contributed by atoms with E-state index >= 15 is 0 Å². The Kier molecular flexibility index (Phi) is 12.8. The largest absolute Gasteiger partial charge is 0.273 e. The number of benzene rings is 2. The number of hydrazone groups is 2. The maximum Gasteiger partial charge on any atom is 0.240 e. The third-order valence-corrected chi connectivity index (χ3v) is 6.34. The molecule has 0 bridgehead atoms. The Morgan fingerprint density at radius 2 is 0.941 bits per heavy atom. The maximum atomic E-state index is 12.0. The van der Waals surface area contributed by atoms with Crippen molar-refractivity contribution in [2.45, 2.75) is 65.2 Å². The van der Waals surface area contributed by atoms with Crippen LogP contribution in [0.25, 0.3) is 0 Å². The summed E-state index contributed by atoms with van der Waals surface area (Å²) < 4.78 is 2.02. The van der Waals surface area contributed by atoms with Gasteiger partial charge in [-0.3, -0.25) is 9.59 Å². The molecular formula is C26H32Br2N4O2. The van der Waals surface area contributed by atoms with Crippen molar-refractivity contribution in [1.82, 2.24) is 10.9 Å². The van der Waals surface area contributed by atoms with Crippen LogP contribution in [-0.2, 0) is 9.59 Å². The second kappa shape index (κ2) is 15.6. The third-order valence-electron chi connectivity index (χ3n) is 5.28. The highest BCUT2D eigenvalue weighted by Crippen LogP contribution is 2.12. The van der Waals surface area contributed by atoms with Gasteiger partial charge in [0.2, 0.25) is 11.8 Å². The molecule has 2 aromatic carbocycles. The van der Waals surface area contributed by atoms with Gasteiger partial charge in [-0.15, -0.1) is 0 Å². The minimum absolute atomic E-state index is 0.0629. The van der Waals surface area contributed by atoms with Gasteiger partial charge in [0.1, 0.15) is 0 Å². The number of nitrogens with zero attached hydrogens (tertiary/aromatic N) is 2. The van der Waals surface area contributed by atoms with E-state index in [0.29, 0.717) is 12.8 Å². The van der Waals surface area contributed by atoms with Crippen molar-refractivity contribution in [2.24, 2.45) is 10.2 Å². The molecule has 8 heteroatoms. The minimum atomic E-state index is -0.0629. The second-order valence-electron chi connectivity index (χ2n) is 8.10. The Morgan fingerprint density at radius 1 is 0.618 bits per heavy atom. The zero-order valence-corrected chi connectivity index (χ0v) is 22.9. The first-order valence-electron chi connectivity index (χ1n) is 11.5. The average molecular weight is 592 g/mol. The molecule has 6 nitrogen and oxygen atoms in total. The summed E-state index contributed by atoms with van der Waals surface area (Å²) in [7, 11) is 0. The summed E-state index contributed by atoms with van der Waals surface area (Å²) in [5.74, 6) is -0.126. The summed E-state index contributed by atoms with van der Waals surface area (Å²) in [6.45, 7) is 3.75. The van der Waals surface area contributed by atoms with E-state index < -0.39 is 0 Å². The smallest absolute Gasteiger partial charge is 0.240 e. The number of carbonyl (C=O) groups is 2. The highest BCUT2D eigenvalue weighted by molar-refractivity contribution is 9.10. The molecule has 0 aromatic heterocycles. The zero-order valence-electron chi connectivity index (χ0n) is 19.7. The van der Waals surface area contributed by atoms with Gasteiger partial charge in [0, 0.05) is 21.8 Å². The van der Waals surface area contributed by atoms with Gasteiger partial charge in [0.15, 0.2) is 0 Å². The summed E-state index contributed by atoms with van der Waals surface area (Å²) in [5, 5.41) is 8.36. The molecule has 182 valence electrons. The molecule has 0 atom stereocenters.